The molecule has 5 heteroatoms. The molecule has 0 fully saturated rings. The highest BCUT2D eigenvalue weighted by atomic mass is 31.2. The van der Waals surface area contributed by atoms with Crippen LogP contribution >= 0.6 is 7.60 Å². The van der Waals surface area contributed by atoms with E-state index in [4.69, 9.17) is 0 Å². The number of hydrogen-bond donors (Lipinski definition) is 3. The summed E-state index contributed by atoms with van der Waals surface area (Å²) >= 11 is 0. The Bertz CT molecular complexity index is 869. The minimum atomic E-state index is -4.41. The van der Waals surface area contributed by atoms with Gasteiger partial charge in [-0.15, -0.1) is 0 Å². The molecule has 0 bridgehead atoms. The van der Waals surface area contributed by atoms with Crippen molar-refractivity contribution in [3.8, 4) is 0 Å². The summed E-state index contributed by atoms with van der Waals surface area (Å²) in [5.41, 5.74) is 2.76. The Morgan fingerprint density at radius 3 is 1.63 bits per heavy atom. The number of nitrogens with one attached hydrogen (secondary N) is 1. The second-order valence-corrected chi connectivity index (χ2v) is 7.96. The second kappa shape index (κ2) is 8.94. The van der Waals surface area contributed by atoms with Crippen molar-refractivity contribution in [1.82, 2.24) is 5.32 Å². The fourth-order valence-electron chi connectivity index (χ4n) is 2.88. The Kier molecular flexibility index (Phi) is 6.38. The van der Waals surface area contributed by atoms with Crippen LogP contribution in [0.3, 0.4) is 0 Å². The minimum absolute atomic E-state index is 0.342. The second-order valence-electron chi connectivity index (χ2n) is 6.22. The highest BCUT2D eigenvalue weighted by Gasteiger charge is 2.29. The van der Waals surface area contributed by atoms with Crippen molar-refractivity contribution in [2.75, 3.05) is 0 Å². The fourth-order valence-corrected chi connectivity index (χ4v) is 3.53. The van der Waals surface area contributed by atoms with Gasteiger partial charge in [0.25, 0.3) is 0 Å². The van der Waals surface area contributed by atoms with Gasteiger partial charge >= 0.3 is 7.60 Å². The zero-order valence-corrected chi connectivity index (χ0v) is 15.6. The van der Waals surface area contributed by atoms with Crippen LogP contribution in [0.2, 0.25) is 0 Å². The summed E-state index contributed by atoms with van der Waals surface area (Å²) in [5, 5.41) is 3.15. The van der Waals surface area contributed by atoms with Crippen LogP contribution in [0.15, 0.2) is 97.1 Å². The Morgan fingerprint density at radius 1 is 0.741 bits per heavy atom. The van der Waals surface area contributed by atoms with Crippen LogP contribution in [-0.2, 0) is 4.57 Å². The van der Waals surface area contributed by atoms with Crippen molar-refractivity contribution in [2.45, 2.75) is 11.8 Å². The summed E-state index contributed by atoms with van der Waals surface area (Å²) in [5.74, 6) is -1.11. The van der Waals surface area contributed by atoms with Crippen molar-refractivity contribution in [3.05, 3.63) is 114 Å². The van der Waals surface area contributed by atoms with Crippen molar-refractivity contribution in [3.63, 3.8) is 0 Å². The standard InChI is InChI=1S/C22H22NO3P/c24-27(25,26)21(17-16-18-10-4-1-5-11-18)23-22(19-12-6-2-7-13-19)20-14-8-3-9-15-20/h1-17,21-23H,(H2,24,25,26)/b17-16+. The van der Waals surface area contributed by atoms with E-state index in [0.29, 0.717) is 0 Å². The minimum Gasteiger partial charge on any atom is -0.323 e. The molecule has 0 amide bonds. The van der Waals surface area contributed by atoms with Crippen molar-refractivity contribution in [1.29, 1.82) is 0 Å². The molecule has 0 aromatic heterocycles. The Labute approximate surface area is 159 Å². The predicted molar refractivity (Wildman–Crippen MR) is 109 cm³/mol. The average Bonchev–Trinajstić information content (AvgIpc) is 2.69. The van der Waals surface area contributed by atoms with Gasteiger partial charge in [0.1, 0.15) is 5.78 Å². The lowest BCUT2D eigenvalue weighted by atomic mass is 9.99. The maximum Gasteiger partial charge on any atom is 0.346 e. The molecule has 3 rings (SSSR count). The molecule has 0 heterocycles. The molecule has 0 aliphatic rings. The first-order valence-electron chi connectivity index (χ1n) is 8.68. The SMILES string of the molecule is O=P(O)(O)C(/C=C/c1ccccc1)NC(c1ccccc1)c1ccccc1. The molecule has 0 saturated heterocycles. The number of rotatable bonds is 7. The number of benzene rings is 3. The van der Waals surface area contributed by atoms with Crippen LogP contribution < -0.4 is 5.32 Å². The third-order valence-corrected chi connectivity index (χ3v) is 5.28. The van der Waals surface area contributed by atoms with E-state index in [1.54, 1.807) is 6.08 Å². The molecule has 138 valence electrons. The van der Waals surface area contributed by atoms with Gasteiger partial charge in [-0.2, -0.15) is 0 Å². The molecule has 1 unspecified atom stereocenters. The molecular formula is C22H22NO3P. The molecule has 3 aromatic carbocycles. The summed E-state index contributed by atoms with van der Waals surface area (Å²) in [6.07, 6.45) is 3.26. The molecule has 27 heavy (non-hydrogen) atoms. The summed E-state index contributed by atoms with van der Waals surface area (Å²) < 4.78 is 12.1. The summed E-state index contributed by atoms with van der Waals surface area (Å²) in [4.78, 5) is 19.8. The van der Waals surface area contributed by atoms with Gasteiger partial charge < -0.3 is 9.79 Å². The van der Waals surface area contributed by atoms with E-state index in [9.17, 15) is 14.4 Å². The van der Waals surface area contributed by atoms with Crippen LogP contribution in [0.25, 0.3) is 6.08 Å². The molecule has 4 nitrogen and oxygen atoms in total. The largest absolute Gasteiger partial charge is 0.346 e. The lowest BCUT2D eigenvalue weighted by Crippen LogP contribution is -2.32. The third-order valence-electron chi connectivity index (χ3n) is 4.24. The lowest BCUT2D eigenvalue weighted by molar-refractivity contribution is 0.353. The lowest BCUT2D eigenvalue weighted by Gasteiger charge is -2.25. The van der Waals surface area contributed by atoms with E-state index >= 15 is 0 Å². The van der Waals surface area contributed by atoms with Gasteiger partial charge in [-0.25, -0.2) is 0 Å². The highest BCUT2D eigenvalue weighted by molar-refractivity contribution is 7.52. The first kappa shape index (κ1) is 19.3. The van der Waals surface area contributed by atoms with Crippen LogP contribution in [-0.4, -0.2) is 15.6 Å². The monoisotopic (exact) mass is 379 g/mol. The van der Waals surface area contributed by atoms with Gasteiger partial charge in [-0.05, 0) is 16.7 Å². The molecular weight excluding hydrogens is 357 g/mol. The van der Waals surface area contributed by atoms with E-state index < -0.39 is 13.4 Å². The molecule has 1 atom stereocenters. The van der Waals surface area contributed by atoms with E-state index in [1.807, 2.05) is 91.0 Å². The molecule has 0 saturated carbocycles. The summed E-state index contributed by atoms with van der Waals surface area (Å²) in [6, 6.07) is 28.4. The van der Waals surface area contributed by atoms with Gasteiger partial charge in [0.2, 0.25) is 0 Å². The molecule has 0 radical (unpaired) electrons. The first-order chi connectivity index (χ1) is 13.0. The summed E-state index contributed by atoms with van der Waals surface area (Å²) in [6.45, 7) is 0. The summed E-state index contributed by atoms with van der Waals surface area (Å²) in [7, 11) is -4.41. The topological polar surface area (TPSA) is 69.6 Å². The van der Waals surface area contributed by atoms with Gasteiger partial charge in [0, 0.05) is 0 Å². The van der Waals surface area contributed by atoms with Crippen molar-refractivity contribution in [2.24, 2.45) is 0 Å². The normalized spacial score (nSPS) is 13.1. The maximum absolute atomic E-state index is 12.1. The van der Waals surface area contributed by atoms with Crippen LogP contribution in [0.4, 0.5) is 0 Å². The van der Waals surface area contributed by atoms with Crippen molar-refractivity contribution < 1.29 is 14.4 Å². The van der Waals surface area contributed by atoms with Gasteiger partial charge in [-0.3, -0.25) is 9.88 Å². The van der Waals surface area contributed by atoms with E-state index in [-0.39, 0.29) is 6.04 Å². The van der Waals surface area contributed by atoms with E-state index in [1.165, 1.54) is 6.08 Å². The van der Waals surface area contributed by atoms with Crippen molar-refractivity contribution >= 4 is 13.7 Å². The Morgan fingerprint density at radius 2 is 1.19 bits per heavy atom. The van der Waals surface area contributed by atoms with E-state index in [0.717, 1.165) is 16.7 Å². The predicted octanol–water partition coefficient (Wildman–Crippen LogP) is 4.58. The quantitative estimate of drug-likeness (QED) is 0.526. The molecule has 3 aromatic rings. The smallest absolute Gasteiger partial charge is 0.323 e. The van der Waals surface area contributed by atoms with Crippen LogP contribution in [0.5, 0.6) is 0 Å². The third kappa shape index (κ3) is 5.49. The van der Waals surface area contributed by atoms with Gasteiger partial charge in [0.05, 0.1) is 6.04 Å². The fraction of sp³-hybridized carbons (Fsp3) is 0.0909. The maximum atomic E-state index is 12.1. The average molecular weight is 379 g/mol. The Balaban J connectivity index is 1.93. The molecule has 0 aliphatic heterocycles. The Hall–Kier alpha value is -2.49. The zero-order valence-electron chi connectivity index (χ0n) is 14.7. The van der Waals surface area contributed by atoms with Crippen LogP contribution in [0, 0.1) is 0 Å². The highest BCUT2D eigenvalue weighted by Crippen LogP contribution is 2.42. The van der Waals surface area contributed by atoms with Gasteiger partial charge in [0.15, 0.2) is 0 Å². The van der Waals surface area contributed by atoms with E-state index in [2.05, 4.69) is 5.32 Å². The molecule has 3 N–H and O–H groups in total. The molecule has 0 spiro atoms. The first-order valence-corrected chi connectivity index (χ1v) is 10.4. The zero-order chi connectivity index (χ0) is 19.1. The number of hydrogen-bond acceptors (Lipinski definition) is 2. The molecule has 0 aliphatic carbocycles. The van der Waals surface area contributed by atoms with Crippen LogP contribution in [0.1, 0.15) is 22.7 Å². The van der Waals surface area contributed by atoms with Gasteiger partial charge in [-0.1, -0.05) is 103 Å².